The highest BCUT2D eigenvalue weighted by atomic mass is 79.9. The van der Waals surface area contributed by atoms with E-state index in [0.29, 0.717) is 15.7 Å². The van der Waals surface area contributed by atoms with Crippen LogP contribution in [0.4, 0.5) is 0 Å². The van der Waals surface area contributed by atoms with E-state index >= 15 is 0 Å². The predicted molar refractivity (Wildman–Crippen MR) is 105 cm³/mol. The number of pyridine rings is 1. The molecule has 0 aliphatic rings. The summed E-state index contributed by atoms with van der Waals surface area (Å²) in [6.07, 6.45) is 1.59. The van der Waals surface area contributed by atoms with E-state index in [4.69, 9.17) is 5.73 Å². The summed E-state index contributed by atoms with van der Waals surface area (Å²) >= 11 is 3.28. The second kappa shape index (κ2) is 8.08. The molecule has 0 amide bonds. The van der Waals surface area contributed by atoms with Crippen molar-refractivity contribution in [1.29, 1.82) is 0 Å². The summed E-state index contributed by atoms with van der Waals surface area (Å²) in [6, 6.07) is 21.6. The number of nitrogens with two attached hydrogens (primary N) is 1. The van der Waals surface area contributed by atoms with Crippen molar-refractivity contribution in [1.82, 2.24) is 4.98 Å². The van der Waals surface area contributed by atoms with Crippen molar-refractivity contribution in [3.05, 3.63) is 106 Å². The maximum absolute atomic E-state index is 12.2. The van der Waals surface area contributed by atoms with Gasteiger partial charge in [-0.2, -0.15) is 0 Å². The summed E-state index contributed by atoms with van der Waals surface area (Å²) in [4.78, 5) is 16.4. The monoisotopic (exact) mass is 408 g/mol. The largest absolute Gasteiger partial charge is 0.478 e. The number of aliphatic carboxylic acids is 1. The first-order valence-electron chi connectivity index (χ1n) is 8.03. The molecule has 130 valence electrons. The molecule has 0 fully saturated rings. The summed E-state index contributed by atoms with van der Waals surface area (Å²) in [5.41, 5.74) is 9.35. The highest BCUT2D eigenvalue weighted by molar-refractivity contribution is 9.10. The smallest absolute Gasteiger partial charge is 0.334 e. The Labute approximate surface area is 160 Å². The molecule has 3 N–H and O–H groups in total. The third kappa shape index (κ3) is 3.90. The maximum Gasteiger partial charge on any atom is 0.334 e. The molecule has 2 aromatic carbocycles. The van der Waals surface area contributed by atoms with E-state index in [1.165, 1.54) is 0 Å². The van der Waals surface area contributed by atoms with Crippen molar-refractivity contribution in [3.63, 3.8) is 0 Å². The van der Waals surface area contributed by atoms with E-state index in [9.17, 15) is 9.90 Å². The lowest BCUT2D eigenvalue weighted by molar-refractivity contribution is -0.132. The molecule has 0 saturated heterocycles. The Morgan fingerprint density at radius 1 is 0.923 bits per heavy atom. The van der Waals surface area contributed by atoms with Crippen LogP contribution in [-0.2, 0) is 4.79 Å². The Kier molecular flexibility index (Phi) is 5.61. The second-order valence-electron chi connectivity index (χ2n) is 5.72. The van der Waals surface area contributed by atoms with Gasteiger partial charge in [0.05, 0.1) is 11.6 Å². The number of carbonyl (C=O) groups is 1. The Bertz CT molecular complexity index is 882. The molecule has 1 unspecified atom stereocenters. The number of aromatic nitrogens is 1. The Hall–Kier alpha value is -2.76. The van der Waals surface area contributed by atoms with Gasteiger partial charge in [-0.05, 0) is 38.7 Å². The minimum absolute atomic E-state index is 0.131. The average molecular weight is 409 g/mol. The van der Waals surface area contributed by atoms with E-state index in [-0.39, 0.29) is 5.57 Å². The first-order valence-corrected chi connectivity index (χ1v) is 8.82. The molecular formula is C21H17BrN2O2. The van der Waals surface area contributed by atoms with Gasteiger partial charge in [-0.1, -0.05) is 66.7 Å². The summed E-state index contributed by atoms with van der Waals surface area (Å²) in [5, 5.41) is 9.99. The second-order valence-corrected chi connectivity index (χ2v) is 6.53. The fraction of sp³-hybridized carbons (Fsp3) is 0.0476. The van der Waals surface area contributed by atoms with Gasteiger partial charge in [0.2, 0.25) is 0 Å². The number of benzene rings is 2. The van der Waals surface area contributed by atoms with Crippen LogP contribution in [0.3, 0.4) is 0 Å². The van der Waals surface area contributed by atoms with Gasteiger partial charge in [-0.15, -0.1) is 0 Å². The van der Waals surface area contributed by atoms with Gasteiger partial charge in [0, 0.05) is 11.8 Å². The van der Waals surface area contributed by atoms with Crippen molar-refractivity contribution in [3.8, 4) is 0 Å². The summed E-state index contributed by atoms with van der Waals surface area (Å²) in [7, 11) is 0. The minimum atomic E-state index is -1.05. The molecule has 0 radical (unpaired) electrons. The quantitative estimate of drug-likeness (QED) is 0.483. The van der Waals surface area contributed by atoms with Gasteiger partial charge in [0.1, 0.15) is 4.60 Å². The molecule has 4 nitrogen and oxygen atoms in total. The third-order valence-corrected chi connectivity index (χ3v) is 4.51. The van der Waals surface area contributed by atoms with Crippen LogP contribution in [0.25, 0.3) is 5.57 Å². The summed E-state index contributed by atoms with van der Waals surface area (Å²) in [5.74, 6) is -1.05. The van der Waals surface area contributed by atoms with Gasteiger partial charge in [0.25, 0.3) is 0 Å². The van der Waals surface area contributed by atoms with Gasteiger partial charge in [-0.3, -0.25) is 0 Å². The van der Waals surface area contributed by atoms with E-state index < -0.39 is 12.0 Å². The average Bonchev–Trinajstić information content (AvgIpc) is 2.67. The summed E-state index contributed by atoms with van der Waals surface area (Å²) in [6.45, 7) is 0. The molecule has 0 bridgehead atoms. The Morgan fingerprint density at radius 2 is 1.46 bits per heavy atom. The van der Waals surface area contributed by atoms with Crippen LogP contribution in [0.5, 0.6) is 0 Å². The lowest BCUT2D eigenvalue weighted by Gasteiger charge is -2.19. The SMILES string of the molecule is NC(C(C(=O)O)=C(c1ccccc1)c1ccccc1)c1ccc(Br)nc1. The molecule has 0 spiro atoms. The van der Waals surface area contributed by atoms with Crippen molar-refractivity contribution < 1.29 is 9.90 Å². The standard InChI is InChI=1S/C21H17BrN2O2/c22-17-12-11-16(13-24-17)20(23)19(21(25)26)18(14-7-3-1-4-8-14)15-9-5-2-6-10-15/h1-13,20H,23H2,(H,25,26). The van der Waals surface area contributed by atoms with Gasteiger partial charge in [0.15, 0.2) is 0 Å². The molecule has 3 rings (SSSR count). The first-order chi connectivity index (χ1) is 12.6. The number of carboxylic acids is 1. The molecule has 0 aliphatic heterocycles. The maximum atomic E-state index is 12.2. The van der Waals surface area contributed by atoms with Crippen molar-refractivity contribution in [2.45, 2.75) is 6.04 Å². The van der Waals surface area contributed by atoms with E-state index in [0.717, 1.165) is 11.1 Å². The molecule has 1 atom stereocenters. The molecule has 5 heteroatoms. The van der Waals surface area contributed by atoms with E-state index in [2.05, 4.69) is 20.9 Å². The minimum Gasteiger partial charge on any atom is -0.478 e. The van der Waals surface area contributed by atoms with E-state index in [1.54, 1.807) is 18.3 Å². The number of hydrogen-bond acceptors (Lipinski definition) is 3. The first kappa shape index (κ1) is 18.0. The van der Waals surface area contributed by atoms with Crippen LogP contribution in [0, 0.1) is 0 Å². The predicted octanol–water partition coefficient (Wildman–Crippen LogP) is 4.43. The van der Waals surface area contributed by atoms with Crippen molar-refractivity contribution >= 4 is 27.5 Å². The Balaban J connectivity index is 2.25. The normalized spacial score (nSPS) is 11.6. The number of hydrogen-bond donors (Lipinski definition) is 2. The van der Waals surface area contributed by atoms with E-state index in [1.807, 2.05) is 60.7 Å². The molecule has 1 aromatic heterocycles. The highest BCUT2D eigenvalue weighted by Gasteiger charge is 2.25. The highest BCUT2D eigenvalue weighted by Crippen LogP contribution is 2.33. The van der Waals surface area contributed by atoms with Crippen molar-refractivity contribution in [2.75, 3.05) is 0 Å². The number of nitrogens with zero attached hydrogens (tertiary/aromatic N) is 1. The zero-order chi connectivity index (χ0) is 18.5. The summed E-state index contributed by atoms with van der Waals surface area (Å²) < 4.78 is 0.667. The molecule has 0 aliphatic carbocycles. The lowest BCUT2D eigenvalue weighted by Crippen LogP contribution is -2.21. The topological polar surface area (TPSA) is 76.2 Å². The van der Waals surface area contributed by atoms with Crippen LogP contribution < -0.4 is 5.73 Å². The van der Waals surface area contributed by atoms with Crippen LogP contribution in [-0.4, -0.2) is 16.1 Å². The number of halogens is 1. The molecule has 3 aromatic rings. The number of carboxylic acid groups (broad SMARTS) is 1. The lowest BCUT2D eigenvalue weighted by atomic mass is 9.88. The molecule has 26 heavy (non-hydrogen) atoms. The van der Waals surface area contributed by atoms with Gasteiger partial charge >= 0.3 is 5.97 Å². The van der Waals surface area contributed by atoms with Crippen LogP contribution in [0.1, 0.15) is 22.7 Å². The zero-order valence-electron chi connectivity index (χ0n) is 13.8. The van der Waals surface area contributed by atoms with Crippen LogP contribution >= 0.6 is 15.9 Å². The number of rotatable bonds is 5. The molecular weight excluding hydrogens is 392 g/mol. The van der Waals surface area contributed by atoms with Gasteiger partial charge < -0.3 is 10.8 Å². The van der Waals surface area contributed by atoms with Crippen LogP contribution in [0.2, 0.25) is 0 Å². The zero-order valence-corrected chi connectivity index (χ0v) is 15.4. The fourth-order valence-electron chi connectivity index (χ4n) is 2.82. The molecule has 0 saturated carbocycles. The van der Waals surface area contributed by atoms with Gasteiger partial charge in [-0.25, -0.2) is 9.78 Å². The van der Waals surface area contributed by atoms with Crippen molar-refractivity contribution in [2.24, 2.45) is 5.73 Å². The fourth-order valence-corrected chi connectivity index (χ4v) is 3.06. The Morgan fingerprint density at radius 3 is 1.88 bits per heavy atom. The third-order valence-electron chi connectivity index (χ3n) is 4.05. The molecule has 1 heterocycles. The van der Waals surface area contributed by atoms with Crippen LogP contribution in [0.15, 0.2) is 89.2 Å².